The molecule has 5 nitrogen and oxygen atoms in total. The lowest BCUT2D eigenvalue weighted by atomic mass is 9.79. The summed E-state index contributed by atoms with van der Waals surface area (Å²) in [7, 11) is 0. The number of aliphatic imine (C=N–C) groups is 2. The van der Waals surface area contributed by atoms with Gasteiger partial charge in [-0.05, 0) is 31.0 Å². The molecule has 6 heteroatoms. The Morgan fingerprint density at radius 2 is 1.74 bits per heavy atom. The fourth-order valence-corrected chi connectivity index (χ4v) is 4.42. The van der Waals surface area contributed by atoms with Gasteiger partial charge in [-0.2, -0.15) is 4.99 Å². The monoisotopic (exact) mass is 428 g/mol. The van der Waals surface area contributed by atoms with Crippen LogP contribution in [0.1, 0.15) is 18.4 Å². The third-order valence-corrected chi connectivity index (χ3v) is 6.12. The van der Waals surface area contributed by atoms with Gasteiger partial charge in [0, 0.05) is 16.9 Å². The molecule has 154 valence electrons. The van der Waals surface area contributed by atoms with E-state index in [0.717, 1.165) is 62.7 Å². The van der Waals surface area contributed by atoms with Crippen molar-refractivity contribution in [2.45, 2.75) is 18.9 Å². The molecule has 2 aliphatic heterocycles. The molecule has 1 saturated carbocycles. The predicted molar refractivity (Wildman–Crippen MR) is 118 cm³/mol. The molecular weight excluding hydrogens is 408 g/mol. The number of aromatic nitrogens is 1. The zero-order valence-electron chi connectivity index (χ0n) is 16.7. The van der Waals surface area contributed by atoms with E-state index >= 15 is 0 Å². The van der Waals surface area contributed by atoms with Crippen molar-refractivity contribution in [3.63, 3.8) is 0 Å². The normalized spacial score (nSPS) is 23.9. The van der Waals surface area contributed by atoms with E-state index in [1.165, 1.54) is 0 Å². The minimum Gasteiger partial charge on any atom is -1.00 e. The summed E-state index contributed by atoms with van der Waals surface area (Å²) in [6.07, 6.45) is 7.11. The summed E-state index contributed by atoms with van der Waals surface area (Å²) in [6.45, 7) is 0. The molecule has 0 amide bonds. The first-order valence-corrected chi connectivity index (χ1v) is 10.3. The van der Waals surface area contributed by atoms with Gasteiger partial charge in [-0.3, -0.25) is 4.99 Å². The summed E-state index contributed by atoms with van der Waals surface area (Å²) in [5.41, 5.74) is 6.25. The van der Waals surface area contributed by atoms with E-state index in [2.05, 4.69) is 47.5 Å². The van der Waals surface area contributed by atoms with E-state index < -0.39 is 0 Å². The quantitative estimate of drug-likeness (QED) is 0.621. The number of hydrogen-bond donors (Lipinski definition) is 2. The number of rotatable bonds is 3. The first-order valence-electron chi connectivity index (χ1n) is 10.3. The number of pyridine rings is 1. The Morgan fingerprint density at radius 1 is 0.935 bits per heavy atom. The number of halogens is 1. The number of quaternary nitrogens is 1. The molecule has 3 aromatic rings. The second-order valence-corrected chi connectivity index (χ2v) is 8.06. The van der Waals surface area contributed by atoms with E-state index in [1.807, 2.05) is 36.8 Å². The van der Waals surface area contributed by atoms with Crippen LogP contribution in [0, 0.1) is 5.92 Å². The third-order valence-electron chi connectivity index (χ3n) is 6.12. The molecule has 31 heavy (non-hydrogen) atoms. The molecule has 0 radical (unpaired) electrons. The van der Waals surface area contributed by atoms with Crippen molar-refractivity contribution in [2.75, 3.05) is 0 Å². The molecule has 6 rings (SSSR count). The number of nitrogens with zero attached hydrogens (tertiary/aromatic N) is 3. The van der Waals surface area contributed by atoms with Gasteiger partial charge in [0.1, 0.15) is 11.9 Å². The number of fused-ring (bicyclic) bond motifs is 2. The van der Waals surface area contributed by atoms with Gasteiger partial charge in [-0.1, -0.05) is 42.5 Å². The summed E-state index contributed by atoms with van der Waals surface area (Å²) in [5, 5.41) is 10.9. The van der Waals surface area contributed by atoms with Gasteiger partial charge < -0.3 is 17.5 Å². The summed E-state index contributed by atoms with van der Waals surface area (Å²) in [5.74, 6) is 1.28. The van der Waals surface area contributed by atoms with Crippen LogP contribution in [0.5, 0.6) is 0 Å². The Hall–Kier alpha value is -3.12. The third kappa shape index (κ3) is 3.41. The maximum Gasteiger partial charge on any atom is 0.243 e. The van der Waals surface area contributed by atoms with Crippen molar-refractivity contribution >= 4 is 23.0 Å². The van der Waals surface area contributed by atoms with Crippen molar-refractivity contribution in [2.24, 2.45) is 15.9 Å². The number of aliphatic hydroxyl groups is 1. The van der Waals surface area contributed by atoms with E-state index in [0.29, 0.717) is 5.92 Å². The highest BCUT2D eigenvalue weighted by Gasteiger charge is 2.40. The first-order chi connectivity index (χ1) is 14.8. The smallest absolute Gasteiger partial charge is 0.243 e. The van der Waals surface area contributed by atoms with Gasteiger partial charge in [0.15, 0.2) is 5.70 Å². The van der Waals surface area contributed by atoms with Crippen LogP contribution in [0.15, 0.2) is 94.4 Å². The second-order valence-electron chi connectivity index (χ2n) is 8.06. The van der Waals surface area contributed by atoms with Crippen molar-refractivity contribution < 1.29 is 22.4 Å². The lowest BCUT2D eigenvalue weighted by Crippen LogP contribution is -3.08. The van der Waals surface area contributed by atoms with Crippen molar-refractivity contribution in [1.82, 2.24) is 4.98 Å². The van der Waals surface area contributed by atoms with Gasteiger partial charge in [-0.25, -0.2) is 9.88 Å². The predicted octanol–water partition coefficient (Wildman–Crippen LogP) is 0.0890. The maximum atomic E-state index is 9.76. The first kappa shape index (κ1) is 19.8. The van der Waals surface area contributed by atoms with Crippen LogP contribution < -0.4 is 17.3 Å². The minimum absolute atomic E-state index is 0. The Morgan fingerprint density at radius 3 is 2.55 bits per heavy atom. The average Bonchev–Trinajstić information content (AvgIpc) is 3.16. The molecule has 1 fully saturated rings. The van der Waals surface area contributed by atoms with Crippen LogP contribution in [-0.4, -0.2) is 28.2 Å². The van der Waals surface area contributed by atoms with E-state index in [9.17, 15) is 5.11 Å². The largest absolute Gasteiger partial charge is 1.00 e. The highest BCUT2D eigenvalue weighted by Crippen LogP contribution is 2.36. The molecule has 0 bridgehead atoms. The average molecular weight is 429 g/mol. The molecule has 2 aromatic carbocycles. The van der Waals surface area contributed by atoms with Crippen molar-refractivity contribution in [3.8, 4) is 11.3 Å². The Labute approximate surface area is 186 Å². The van der Waals surface area contributed by atoms with Gasteiger partial charge in [0.05, 0.1) is 35.3 Å². The Bertz CT molecular complexity index is 1270. The van der Waals surface area contributed by atoms with Gasteiger partial charge in [0.2, 0.25) is 5.84 Å². The molecular formula is C25H21ClN4O. The van der Waals surface area contributed by atoms with Crippen molar-refractivity contribution in [1.29, 1.82) is 0 Å². The zero-order valence-corrected chi connectivity index (χ0v) is 17.5. The van der Waals surface area contributed by atoms with Crippen LogP contribution in [0.4, 0.5) is 0 Å². The Kier molecular flexibility index (Phi) is 5.02. The fraction of sp³-hybridized carbons (Fsp3) is 0.160. The van der Waals surface area contributed by atoms with Gasteiger partial charge in [0.25, 0.3) is 0 Å². The van der Waals surface area contributed by atoms with Crippen LogP contribution in [0.25, 0.3) is 22.2 Å². The molecule has 1 aromatic heterocycles. The van der Waals surface area contributed by atoms with Crippen LogP contribution in [-0.2, 0) is 0 Å². The molecule has 0 saturated heterocycles. The number of aliphatic hydroxyl groups excluding tert-OH is 1. The van der Waals surface area contributed by atoms with Gasteiger partial charge >= 0.3 is 0 Å². The molecule has 3 heterocycles. The molecule has 1 unspecified atom stereocenters. The highest BCUT2D eigenvalue weighted by molar-refractivity contribution is 6.01. The van der Waals surface area contributed by atoms with Crippen molar-refractivity contribution in [3.05, 3.63) is 90.0 Å². The maximum absolute atomic E-state index is 9.76. The highest BCUT2D eigenvalue weighted by atomic mass is 35.5. The SMILES string of the molecule is OC1CC(C2=C3C=NC=C[NH+]3C(c3ccc4ccc(-c5ccccc5)nc4c3)=N2)C1.[Cl-]. The molecule has 3 aliphatic rings. The standard InChI is InChI=1S/C25H20N4O.ClH/c30-20-12-19(13-20)24-23-15-26-10-11-29(23)25(28-24)18-7-6-17-8-9-21(27-22(17)14-18)16-4-2-1-3-5-16;/h1-11,14-15,19-20,30H,12-13H2;1H. The van der Waals surface area contributed by atoms with E-state index in [4.69, 9.17) is 9.98 Å². The number of allylic oxidation sites excluding steroid dienone is 2. The van der Waals surface area contributed by atoms with E-state index in [1.54, 1.807) is 0 Å². The fourth-order valence-electron chi connectivity index (χ4n) is 4.42. The number of benzene rings is 2. The van der Waals surface area contributed by atoms with E-state index in [-0.39, 0.29) is 18.5 Å². The number of nitrogens with one attached hydrogen (secondary N) is 1. The lowest BCUT2D eigenvalue weighted by molar-refractivity contribution is -0.689. The Balaban J connectivity index is 0.00000204. The summed E-state index contributed by atoms with van der Waals surface area (Å²) in [6, 6.07) is 20.8. The number of hydrogen-bond acceptors (Lipinski definition) is 4. The van der Waals surface area contributed by atoms with Crippen LogP contribution in [0.3, 0.4) is 0 Å². The van der Waals surface area contributed by atoms with Crippen LogP contribution >= 0.6 is 0 Å². The second kappa shape index (κ2) is 7.85. The summed E-state index contributed by atoms with van der Waals surface area (Å²) in [4.78, 5) is 15.4. The molecule has 1 aliphatic carbocycles. The van der Waals surface area contributed by atoms with Crippen LogP contribution in [0.2, 0.25) is 0 Å². The summed E-state index contributed by atoms with van der Waals surface area (Å²) < 4.78 is 0. The molecule has 0 spiro atoms. The summed E-state index contributed by atoms with van der Waals surface area (Å²) >= 11 is 0. The molecule has 1 atom stereocenters. The zero-order chi connectivity index (χ0) is 20.1. The topological polar surface area (TPSA) is 62.3 Å². The molecule has 2 N–H and O–H groups in total. The van der Waals surface area contributed by atoms with Gasteiger partial charge in [-0.15, -0.1) is 0 Å². The lowest BCUT2D eigenvalue weighted by Gasteiger charge is -2.30. The minimum atomic E-state index is -0.205. The number of amidine groups is 1.